The Bertz CT molecular complexity index is 1010. The van der Waals surface area contributed by atoms with E-state index >= 15 is 0 Å². The van der Waals surface area contributed by atoms with Crippen molar-refractivity contribution >= 4 is 16.7 Å². The van der Waals surface area contributed by atoms with Crippen LogP contribution in [0.15, 0.2) is 65.3 Å². The Morgan fingerprint density at radius 1 is 1.19 bits per heavy atom. The maximum atomic E-state index is 13.0. The third-order valence-corrected chi connectivity index (χ3v) is 4.36. The lowest BCUT2D eigenvalue weighted by molar-refractivity contribution is -0.150. The first-order chi connectivity index (χ1) is 12.7. The molecule has 0 bridgehead atoms. The Labute approximate surface area is 158 Å². The monoisotopic (exact) mass is 362 g/mol. The van der Waals surface area contributed by atoms with Crippen LogP contribution in [0.5, 0.6) is 0 Å². The van der Waals surface area contributed by atoms with E-state index in [4.69, 9.17) is 15.2 Å². The van der Waals surface area contributed by atoms with Gasteiger partial charge < -0.3 is 15.2 Å². The lowest BCUT2D eigenvalue weighted by Gasteiger charge is -2.29. The molecular weight excluding hydrogens is 340 g/mol. The molecule has 1 aliphatic rings. The highest BCUT2D eigenvalue weighted by Gasteiger charge is 2.38. The highest BCUT2D eigenvalue weighted by molar-refractivity contribution is 5.95. The van der Waals surface area contributed by atoms with Gasteiger partial charge in [-0.15, -0.1) is 0 Å². The quantitative estimate of drug-likeness (QED) is 0.807. The molecule has 0 radical (unpaired) electrons. The van der Waals surface area contributed by atoms with Crippen LogP contribution in [0.1, 0.15) is 39.2 Å². The third-order valence-electron chi connectivity index (χ3n) is 4.36. The van der Waals surface area contributed by atoms with Crippen molar-refractivity contribution in [1.29, 1.82) is 5.26 Å². The van der Waals surface area contributed by atoms with Gasteiger partial charge in [0.15, 0.2) is 0 Å². The van der Waals surface area contributed by atoms with Crippen LogP contribution in [0, 0.1) is 11.3 Å². The van der Waals surface area contributed by atoms with Crippen LogP contribution in [0.4, 0.5) is 0 Å². The first kappa shape index (κ1) is 18.5. The second kappa shape index (κ2) is 6.81. The number of ether oxygens (including phenoxy) is 2. The molecule has 2 N–H and O–H groups in total. The van der Waals surface area contributed by atoms with Crippen molar-refractivity contribution in [3.63, 3.8) is 0 Å². The maximum Gasteiger partial charge on any atom is 0.338 e. The SMILES string of the molecule is CC1=C(C(=O)OC(C)(C)C)[C@@H](c2cccc3ccccc23)C(C#N)=C(N)O1. The van der Waals surface area contributed by atoms with Crippen molar-refractivity contribution in [3.05, 3.63) is 70.8 Å². The zero-order chi connectivity index (χ0) is 19.8. The van der Waals surface area contributed by atoms with Gasteiger partial charge in [0, 0.05) is 0 Å². The summed E-state index contributed by atoms with van der Waals surface area (Å²) in [4.78, 5) is 13.0. The average Bonchev–Trinajstić information content (AvgIpc) is 2.59. The highest BCUT2D eigenvalue weighted by atomic mass is 16.6. The van der Waals surface area contributed by atoms with E-state index in [1.54, 1.807) is 27.7 Å². The van der Waals surface area contributed by atoms with Crippen molar-refractivity contribution in [1.82, 2.24) is 0 Å². The Morgan fingerprint density at radius 3 is 2.52 bits per heavy atom. The van der Waals surface area contributed by atoms with Gasteiger partial charge in [0.2, 0.25) is 5.88 Å². The van der Waals surface area contributed by atoms with Gasteiger partial charge in [-0.05, 0) is 44.0 Å². The predicted octanol–water partition coefficient (Wildman–Crippen LogP) is 4.26. The number of carbonyl (C=O) groups is 1. The molecule has 0 aliphatic carbocycles. The molecule has 27 heavy (non-hydrogen) atoms. The second-order valence-electron chi connectivity index (χ2n) is 7.46. The largest absolute Gasteiger partial charge is 0.456 e. The van der Waals surface area contributed by atoms with Gasteiger partial charge >= 0.3 is 5.97 Å². The van der Waals surface area contributed by atoms with Crippen molar-refractivity contribution in [3.8, 4) is 6.07 Å². The fourth-order valence-electron chi connectivity index (χ4n) is 3.29. The van der Waals surface area contributed by atoms with E-state index in [2.05, 4.69) is 6.07 Å². The Balaban J connectivity index is 2.24. The summed E-state index contributed by atoms with van der Waals surface area (Å²) in [6, 6.07) is 15.7. The normalized spacial score (nSPS) is 17.5. The Morgan fingerprint density at radius 2 is 1.85 bits per heavy atom. The number of esters is 1. The minimum absolute atomic E-state index is 0.0141. The summed E-state index contributed by atoms with van der Waals surface area (Å²) in [5.74, 6) is -0.804. The van der Waals surface area contributed by atoms with Crippen molar-refractivity contribution in [2.24, 2.45) is 5.73 Å². The summed E-state index contributed by atoms with van der Waals surface area (Å²) in [7, 11) is 0. The van der Waals surface area contributed by atoms with E-state index < -0.39 is 17.5 Å². The molecule has 1 aliphatic heterocycles. The Hall–Kier alpha value is -3.26. The van der Waals surface area contributed by atoms with E-state index in [0.29, 0.717) is 11.3 Å². The topological polar surface area (TPSA) is 85.3 Å². The van der Waals surface area contributed by atoms with Gasteiger partial charge in [0.25, 0.3) is 0 Å². The number of nitrogens with two attached hydrogens (primary N) is 1. The summed E-state index contributed by atoms with van der Waals surface area (Å²) in [5.41, 5.74) is 6.64. The first-order valence-electron chi connectivity index (χ1n) is 8.72. The third kappa shape index (κ3) is 3.52. The van der Waals surface area contributed by atoms with Gasteiger partial charge in [0.1, 0.15) is 23.0 Å². The van der Waals surface area contributed by atoms with Crippen molar-refractivity contribution < 1.29 is 14.3 Å². The van der Waals surface area contributed by atoms with E-state index in [9.17, 15) is 10.1 Å². The molecule has 0 unspecified atom stereocenters. The number of carbonyl (C=O) groups excluding carboxylic acids is 1. The number of nitrogens with zero attached hydrogens (tertiary/aromatic N) is 1. The van der Waals surface area contributed by atoms with Gasteiger partial charge in [-0.3, -0.25) is 0 Å². The van der Waals surface area contributed by atoms with Gasteiger partial charge in [0.05, 0.1) is 11.5 Å². The number of hydrogen-bond donors (Lipinski definition) is 1. The van der Waals surface area contributed by atoms with Crippen LogP contribution in [0.3, 0.4) is 0 Å². The van der Waals surface area contributed by atoms with E-state index in [0.717, 1.165) is 16.3 Å². The fourth-order valence-corrected chi connectivity index (χ4v) is 3.29. The molecule has 0 fully saturated rings. The van der Waals surface area contributed by atoms with E-state index in [1.807, 2.05) is 42.5 Å². The fraction of sp³-hybridized carbons (Fsp3) is 0.273. The minimum atomic E-state index is -0.673. The van der Waals surface area contributed by atoms with Crippen molar-refractivity contribution in [2.75, 3.05) is 0 Å². The Kier molecular flexibility index (Phi) is 4.67. The van der Waals surface area contributed by atoms with Crippen LogP contribution in [-0.4, -0.2) is 11.6 Å². The molecular formula is C22H22N2O3. The highest BCUT2D eigenvalue weighted by Crippen LogP contribution is 2.42. The van der Waals surface area contributed by atoms with Crippen LogP contribution in [0.2, 0.25) is 0 Å². The lowest BCUT2D eigenvalue weighted by Crippen LogP contribution is -2.30. The molecule has 5 heteroatoms. The average molecular weight is 362 g/mol. The summed E-state index contributed by atoms with van der Waals surface area (Å²) in [6.07, 6.45) is 0. The summed E-state index contributed by atoms with van der Waals surface area (Å²) >= 11 is 0. The van der Waals surface area contributed by atoms with Crippen LogP contribution >= 0.6 is 0 Å². The predicted molar refractivity (Wildman–Crippen MR) is 103 cm³/mol. The lowest BCUT2D eigenvalue weighted by atomic mass is 9.81. The first-order valence-corrected chi connectivity index (χ1v) is 8.72. The molecule has 2 aromatic carbocycles. The molecule has 0 spiro atoms. The van der Waals surface area contributed by atoms with Crippen LogP contribution in [-0.2, 0) is 14.3 Å². The molecule has 1 heterocycles. The molecule has 0 amide bonds. The number of rotatable bonds is 2. The second-order valence-corrected chi connectivity index (χ2v) is 7.46. The smallest absolute Gasteiger partial charge is 0.338 e. The van der Waals surface area contributed by atoms with Crippen LogP contribution in [0.25, 0.3) is 10.8 Å². The molecule has 138 valence electrons. The summed E-state index contributed by atoms with van der Waals surface area (Å²) in [6.45, 7) is 7.06. The van der Waals surface area contributed by atoms with Gasteiger partial charge in [-0.2, -0.15) is 5.26 Å². The minimum Gasteiger partial charge on any atom is -0.456 e. The maximum absolute atomic E-state index is 13.0. The number of benzene rings is 2. The molecule has 3 rings (SSSR count). The van der Waals surface area contributed by atoms with E-state index in [1.165, 1.54) is 0 Å². The molecule has 2 aromatic rings. The van der Waals surface area contributed by atoms with Gasteiger partial charge in [-0.25, -0.2) is 4.79 Å². The van der Waals surface area contributed by atoms with Crippen LogP contribution < -0.4 is 5.73 Å². The zero-order valence-corrected chi connectivity index (χ0v) is 15.9. The summed E-state index contributed by atoms with van der Waals surface area (Å²) < 4.78 is 11.1. The molecule has 5 nitrogen and oxygen atoms in total. The van der Waals surface area contributed by atoms with Gasteiger partial charge in [-0.1, -0.05) is 42.5 Å². The zero-order valence-electron chi connectivity index (χ0n) is 15.9. The molecule has 0 saturated carbocycles. The van der Waals surface area contributed by atoms with E-state index in [-0.39, 0.29) is 11.5 Å². The number of hydrogen-bond acceptors (Lipinski definition) is 5. The molecule has 1 atom stereocenters. The molecule has 0 aromatic heterocycles. The van der Waals surface area contributed by atoms with Crippen molar-refractivity contribution in [2.45, 2.75) is 39.2 Å². The number of nitriles is 1. The number of allylic oxidation sites excluding steroid dienone is 2. The standard InChI is InChI=1S/C22H22N2O3/c1-13-18(21(25)27-22(2,3)4)19(17(12-23)20(24)26-13)16-11-7-9-14-8-5-6-10-15(14)16/h5-11,19H,24H2,1-4H3/t19-/m0/s1. The number of fused-ring (bicyclic) bond motifs is 1. The summed E-state index contributed by atoms with van der Waals surface area (Å²) in [5, 5.41) is 11.7. The molecule has 0 saturated heterocycles.